The summed E-state index contributed by atoms with van der Waals surface area (Å²) >= 11 is 0. The van der Waals surface area contributed by atoms with Crippen molar-refractivity contribution in [3.8, 4) is 0 Å². The number of hydrogen-bond acceptors (Lipinski definition) is 6. The van der Waals surface area contributed by atoms with Crippen molar-refractivity contribution in [1.82, 2.24) is 15.5 Å². The van der Waals surface area contributed by atoms with Crippen LogP contribution in [-0.4, -0.2) is 70.8 Å². The van der Waals surface area contributed by atoms with Gasteiger partial charge in [-0.2, -0.15) is 0 Å². The first-order valence-electron chi connectivity index (χ1n) is 9.22. The number of carbonyl (C=O) groups is 5. The van der Waals surface area contributed by atoms with Gasteiger partial charge in [0.2, 0.25) is 23.6 Å². The molecule has 28 heavy (non-hydrogen) atoms. The van der Waals surface area contributed by atoms with E-state index >= 15 is 0 Å². The third-order valence-electron chi connectivity index (χ3n) is 4.84. The third-order valence-corrected chi connectivity index (χ3v) is 4.84. The van der Waals surface area contributed by atoms with Crippen molar-refractivity contribution in [3.63, 3.8) is 0 Å². The van der Waals surface area contributed by atoms with Crippen molar-refractivity contribution in [2.24, 2.45) is 17.4 Å². The number of carboxylic acids is 1. The van der Waals surface area contributed by atoms with Gasteiger partial charge in [0, 0.05) is 6.54 Å². The van der Waals surface area contributed by atoms with Crippen molar-refractivity contribution in [1.29, 1.82) is 0 Å². The highest BCUT2D eigenvalue weighted by molar-refractivity contribution is 5.95. The number of nitrogens with two attached hydrogens (primary N) is 2. The van der Waals surface area contributed by atoms with Crippen LogP contribution in [0.3, 0.4) is 0 Å². The lowest BCUT2D eigenvalue weighted by Gasteiger charge is -2.27. The number of carbonyl (C=O) groups excluding carboxylic acids is 4. The smallest absolute Gasteiger partial charge is 0.326 e. The SMILES string of the molecule is CCC(C)C(N)C(=O)NCC(=O)NC(CC(N)=O)C(=O)N1CCCC1C(=O)O. The zero-order valence-electron chi connectivity index (χ0n) is 16.1. The molecule has 1 saturated heterocycles. The van der Waals surface area contributed by atoms with E-state index < -0.39 is 60.7 Å². The number of rotatable bonds is 10. The number of nitrogens with one attached hydrogen (secondary N) is 2. The Kier molecular flexibility index (Phi) is 8.83. The second kappa shape index (κ2) is 10.6. The molecule has 1 fully saturated rings. The summed E-state index contributed by atoms with van der Waals surface area (Å²) in [6.07, 6.45) is 1.01. The van der Waals surface area contributed by atoms with Gasteiger partial charge in [0.1, 0.15) is 12.1 Å². The van der Waals surface area contributed by atoms with Crippen molar-refractivity contribution in [2.75, 3.05) is 13.1 Å². The van der Waals surface area contributed by atoms with Gasteiger partial charge in [-0.15, -0.1) is 0 Å². The molecule has 0 aromatic rings. The number of primary amides is 1. The van der Waals surface area contributed by atoms with Gasteiger partial charge in [-0.1, -0.05) is 20.3 Å². The average Bonchev–Trinajstić information content (AvgIpc) is 3.13. The second-order valence-corrected chi connectivity index (χ2v) is 6.95. The average molecular weight is 399 g/mol. The largest absolute Gasteiger partial charge is 0.480 e. The third kappa shape index (κ3) is 6.48. The first-order chi connectivity index (χ1) is 13.1. The summed E-state index contributed by atoms with van der Waals surface area (Å²) in [5, 5.41) is 13.9. The van der Waals surface area contributed by atoms with Crippen LogP contribution in [-0.2, 0) is 24.0 Å². The Morgan fingerprint density at radius 3 is 2.43 bits per heavy atom. The Labute approximate surface area is 163 Å². The Morgan fingerprint density at radius 1 is 1.25 bits per heavy atom. The Morgan fingerprint density at radius 2 is 1.89 bits per heavy atom. The summed E-state index contributed by atoms with van der Waals surface area (Å²) in [5.74, 6) is -3.97. The van der Waals surface area contributed by atoms with E-state index in [-0.39, 0.29) is 12.5 Å². The molecule has 1 rings (SSSR count). The molecule has 7 N–H and O–H groups in total. The van der Waals surface area contributed by atoms with Gasteiger partial charge in [0.15, 0.2) is 0 Å². The highest BCUT2D eigenvalue weighted by Crippen LogP contribution is 2.19. The van der Waals surface area contributed by atoms with Crippen LogP contribution >= 0.6 is 0 Å². The Bertz CT molecular complexity index is 625. The maximum absolute atomic E-state index is 12.6. The van der Waals surface area contributed by atoms with Gasteiger partial charge >= 0.3 is 5.97 Å². The number of aliphatic carboxylic acids is 1. The minimum absolute atomic E-state index is 0.0737. The van der Waals surface area contributed by atoms with Crippen molar-refractivity contribution in [2.45, 2.75) is 57.7 Å². The lowest BCUT2D eigenvalue weighted by atomic mass is 9.99. The molecule has 1 aliphatic heterocycles. The van der Waals surface area contributed by atoms with Gasteiger partial charge in [0.25, 0.3) is 0 Å². The van der Waals surface area contributed by atoms with Crippen LogP contribution < -0.4 is 22.1 Å². The maximum atomic E-state index is 12.6. The molecule has 0 spiro atoms. The first-order valence-corrected chi connectivity index (χ1v) is 9.22. The van der Waals surface area contributed by atoms with Crippen LogP contribution in [0.4, 0.5) is 0 Å². The maximum Gasteiger partial charge on any atom is 0.326 e. The number of amides is 4. The summed E-state index contributed by atoms with van der Waals surface area (Å²) in [6.45, 7) is 3.46. The first kappa shape index (κ1) is 23.3. The molecule has 11 heteroatoms. The van der Waals surface area contributed by atoms with Crippen molar-refractivity contribution < 1.29 is 29.1 Å². The number of nitrogens with zero attached hydrogens (tertiary/aromatic N) is 1. The van der Waals surface area contributed by atoms with Crippen molar-refractivity contribution >= 4 is 29.6 Å². The summed E-state index contributed by atoms with van der Waals surface area (Å²) in [4.78, 5) is 60.4. The van der Waals surface area contributed by atoms with Crippen LogP contribution in [0.5, 0.6) is 0 Å². The quantitative estimate of drug-likeness (QED) is 0.279. The Balaban J connectivity index is 2.71. The molecule has 11 nitrogen and oxygen atoms in total. The predicted molar refractivity (Wildman–Crippen MR) is 98.6 cm³/mol. The fraction of sp³-hybridized carbons (Fsp3) is 0.706. The summed E-state index contributed by atoms with van der Waals surface area (Å²) < 4.78 is 0. The molecule has 0 aromatic heterocycles. The van der Waals surface area contributed by atoms with E-state index in [1.165, 1.54) is 0 Å². The summed E-state index contributed by atoms with van der Waals surface area (Å²) in [6, 6.07) is -3.08. The number of hydrogen-bond donors (Lipinski definition) is 5. The predicted octanol–water partition coefficient (Wildman–Crippen LogP) is -2.09. The topological polar surface area (TPSA) is 185 Å². The van der Waals surface area contributed by atoms with Gasteiger partial charge in [0.05, 0.1) is 19.0 Å². The van der Waals surface area contributed by atoms with E-state index in [0.717, 1.165) is 4.90 Å². The molecule has 0 bridgehead atoms. The molecule has 1 heterocycles. The normalized spacial score (nSPS) is 19.4. The molecule has 1 aliphatic rings. The number of likely N-dealkylation sites (tertiary alicyclic amines) is 1. The van der Waals surface area contributed by atoms with Crippen LogP contribution in [0.15, 0.2) is 0 Å². The van der Waals surface area contributed by atoms with E-state index in [1.54, 1.807) is 6.92 Å². The zero-order valence-corrected chi connectivity index (χ0v) is 16.1. The summed E-state index contributed by atoms with van der Waals surface area (Å²) in [7, 11) is 0. The molecule has 0 radical (unpaired) electrons. The van der Waals surface area contributed by atoms with Crippen LogP contribution in [0.1, 0.15) is 39.5 Å². The van der Waals surface area contributed by atoms with E-state index in [2.05, 4.69) is 10.6 Å². The van der Waals surface area contributed by atoms with Gasteiger partial charge in [-0.05, 0) is 18.8 Å². The molecule has 4 amide bonds. The van der Waals surface area contributed by atoms with Crippen LogP contribution in [0, 0.1) is 5.92 Å². The van der Waals surface area contributed by atoms with Crippen LogP contribution in [0.2, 0.25) is 0 Å². The zero-order chi connectivity index (χ0) is 21.4. The molecule has 0 aromatic carbocycles. The van der Waals surface area contributed by atoms with Crippen LogP contribution in [0.25, 0.3) is 0 Å². The Hall–Kier alpha value is -2.69. The fourth-order valence-corrected chi connectivity index (χ4v) is 2.93. The van der Waals surface area contributed by atoms with E-state index in [1.807, 2.05) is 6.92 Å². The minimum Gasteiger partial charge on any atom is -0.480 e. The number of carboxylic acid groups (broad SMARTS) is 1. The molecular weight excluding hydrogens is 370 g/mol. The minimum atomic E-state index is -1.30. The van der Waals surface area contributed by atoms with E-state index in [4.69, 9.17) is 11.5 Å². The van der Waals surface area contributed by atoms with Crippen molar-refractivity contribution in [3.05, 3.63) is 0 Å². The summed E-state index contributed by atoms with van der Waals surface area (Å²) in [5.41, 5.74) is 10.9. The molecule has 0 aliphatic carbocycles. The van der Waals surface area contributed by atoms with Gasteiger partial charge < -0.3 is 32.1 Å². The second-order valence-electron chi connectivity index (χ2n) is 6.95. The molecule has 4 unspecified atom stereocenters. The molecule has 4 atom stereocenters. The molecule has 0 saturated carbocycles. The van der Waals surface area contributed by atoms with Gasteiger partial charge in [-0.3, -0.25) is 19.2 Å². The fourth-order valence-electron chi connectivity index (χ4n) is 2.93. The van der Waals surface area contributed by atoms with E-state index in [0.29, 0.717) is 19.3 Å². The highest BCUT2D eigenvalue weighted by Gasteiger charge is 2.38. The highest BCUT2D eigenvalue weighted by atomic mass is 16.4. The monoisotopic (exact) mass is 399 g/mol. The lowest BCUT2D eigenvalue weighted by molar-refractivity contribution is -0.149. The standard InChI is InChI=1S/C17H29N5O6/c1-3-9(2)14(19)15(25)20-8-13(24)21-10(7-12(18)23)16(26)22-6-4-5-11(22)17(27)28/h9-11,14H,3-8,19H2,1-2H3,(H2,18,23)(H,20,25)(H,21,24)(H,27,28). The van der Waals surface area contributed by atoms with Gasteiger partial charge in [-0.25, -0.2) is 4.79 Å². The molecule has 158 valence electrons. The lowest BCUT2D eigenvalue weighted by Crippen LogP contribution is -2.55. The molecular formula is C17H29N5O6. The van der Waals surface area contributed by atoms with E-state index in [9.17, 15) is 29.1 Å².